The minimum atomic E-state index is -3.29. The van der Waals surface area contributed by atoms with Crippen LogP contribution in [0.15, 0.2) is 35.4 Å². The molecule has 0 aliphatic carbocycles. The average molecular weight is 656 g/mol. The van der Waals surface area contributed by atoms with Crippen LogP contribution >= 0.6 is 0 Å². The molecule has 1 N–H and O–H groups in total. The fraction of sp³-hybridized carbons (Fsp3) is 0.629. The molecule has 0 unspecified atom stereocenters. The maximum atomic E-state index is 16.1. The lowest BCUT2D eigenvalue weighted by atomic mass is 9.85. The van der Waals surface area contributed by atoms with E-state index in [1.165, 1.54) is 18.5 Å². The summed E-state index contributed by atoms with van der Waals surface area (Å²) < 4.78 is 55.5. The Bertz CT molecular complexity index is 1580. The van der Waals surface area contributed by atoms with Gasteiger partial charge >= 0.3 is 0 Å². The van der Waals surface area contributed by atoms with Crippen molar-refractivity contribution in [1.82, 2.24) is 24.3 Å². The molecule has 0 saturated carbocycles. The van der Waals surface area contributed by atoms with Crippen LogP contribution in [0.1, 0.15) is 70.0 Å². The number of aromatic nitrogens is 3. The first-order valence-electron chi connectivity index (χ1n) is 17.3. The number of piperidine rings is 1. The van der Waals surface area contributed by atoms with Gasteiger partial charge in [-0.3, -0.25) is 14.3 Å². The minimum absolute atomic E-state index is 0.118. The molecule has 2 aromatic heterocycles. The largest absolute Gasteiger partial charge is 0.381 e. The van der Waals surface area contributed by atoms with Gasteiger partial charge in [-0.05, 0) is 78.6 Å². The molecule has 1 aromatic carbocycles. The van der Waals surface area contributed by atoms with E-state index in [4.69, 9.17) is 4.74 Å². The van der Waals surface area contributed by atoms with Crippen molar-refractivity contribution >= 4 is 22.5 Å². The number of hydrogen-bond donors (Lipinski definition) is 1. The van der Waals surface area contributed by atoms with Crippen molar-refractivity contribution in [2.75, 3.05) is 69.2 Å². The molecule has 1 atom stereocenters. The Hall–Kier alpha value is -3.22. The van der Waals surface area contributed by atoms with E-state index in [9.17, 15) is 4.79 Å². The summed E-state index contributed by atoms with van der Waals surface area (Å²) in [6.07, 6.45) is 4.46. The molecular weight excluding hydrogens is 607 g/mol. The van der Waals surface area contributed by atoms with Crippen LogP contribution in [0.25, 0.3) is 11.0 Å². The topological polar surface area (TPSA) is 78.8 Å². The molecule has 0 amide bonds. The zero-order valence-corrected chi connectivity index (χ0v) is 27.9. The van der Waals surface area contributed by atoms with E-state index in [1.807, 2.05) is 6.07 Å². The number of aryl methyl sites for hydroxylation is 1. The van der Waals surface area contributed by atoms with E-state index in [0.717, 1.165) is 32.5 Å². The summed E-state index contributed by atoms with van der Waals surface area (Å²) in [5.74, 6) is -4.68. The summed E-state index contributed by atoms with van der Waals surface area (Å²) in [6.45, 7) is 12.7. The lowest BCUT2D eigenvalue weighted by molar-refractivity contribution is -0.0880. The van der Waals surface area contributed by atoms with E-state index < -0.39 is 29.3 Å². The summed E-state index contributed by atoms with van der Waals surface area (Å²) in [4.78, 5) is 29.8. The van der Waals surface area contributed by atoms with Crippen molar-refractivity contribution in [3.63, 3.8) is 0 Å². The number of anilines is 2. The van der Waals surface area contributed by atoms with Crippen molar-refractivity contribution in [1.29, 1.82) is 0 Å². The Morgan fingerprint density at radius 3 is 2.45 bits per heavy atom. The Kier molecular flexibility index (Phi) is 10.4. The van der Waals surface area contributed by atoms with Gasteiger partial charge in [0, 0.05) is 63.5 Å². The lowest BCUT2D eigenvalue weighted by Gasteiger charge is -2.38. The lowest BCUT2D eigenvalue weighted by Crippen LogP contribution is -2.50. The Morgan fingerprint density at radius 1 is 0.957 bits per heavy atom. The van der Waals surface area contributed by atoms with E-state index in [1.54, 1.807) is 17.6 Å². The molecule has 6 heterocycles. The van der Waals surface area contributed by atoms with E-state index >= 15 is 13.2 Å². The molecule has 0 radical (unpaired) electrons. The number of benzene rings is 1. The third-order valence-electron chi connectivity index (χ3n) is 10.2. The second kappa shape index (κ2) is 14.5. The molecule has 7 rings (SSSR count). The van der Waals surface area contributed by atoms with Gasteiger partial charge in [-0.2, -0.15) is 0 Å². The van der Waals surface area contributed by atoms with Gasteiger partial charge in [0.15, 0.2) is 0 Å². The molecule has 47 heavy (non-hydrogen) atoms. The third-order valence-corrected chi connectivity index (χ3v) is 10.2. The first-order valence-corrected chi connectivity index (χ1v) is 17.3. The van der Waals surface area contributed by atoms with E-state index in [2.05, 4.69) is 43.8 Å². The maximum Gasteiger partial charge on any atom is 0.278 e. The molecule has 2 fully saturated rings. The number of rotatable bonds is 2. The van der Waals surface area contributed by atoms with Crippen LogP contribution in [0.2, 0.25) is 0 Å². The summed E-state index contributed by atoms with van der Waals surface area (Å²) >= 11 is 0. The zero-order valence-electron chi connectivity index (χ0n) is 27.9. The Labute approximate surface area is 275 Å². The quantitative estimate of drug-likeness (QED) is 0.381. The molecule has 3 aromatic rings. The molecule has 0 spiro atoms. The number of halogens is 3. The second-order valence-corrected chi connectivity index (χ2v) is 13.5. The van der Waals surface area contributed by atoms with Crippen LogP contribution in [-0.4, -0.2) is 89.4 Å². The van der Waals surface area contributed by atoms with Gasteiger partial charge in [0.2, 0.25) is 0 Å². The molecule has 4 aliphatic rings. The highest BCUT2D eigenvalue weighted by molar-refractivity contribution is 5.89. The van der Waals surface area contributed by atoms with Gasteiger partial charge in [0.1, 0.15) is 29.3 Å². The van der Waals surface area contributed by atoms with Crippen LogP contribution in [0, 0.1) is 11.7 Å². The van der Waals surface area contributed by atoms with Crippen molar-refractivity contribution in [3.05, 3.63) is 57.9 Å². The fourth-order valence-electron chi connectivity index (χ4n) is 7.33. The van der Waals surface area contributed by atoms with Crippen LogP contribution in [0.4, 0.5) is 24.7 Å². The van der Waals surface area contributed by atoms with E-state index in [-0.39, 0.29) is 11.1 Å². The second-order valence-electron chi connectivity index (χ2n) is 13.5. The molecule has 2 saturated heterocycles. The van der Waals surface area contributed by atoms with Gasteiger partial charge in [-0.25, -0.2) is 23.1 Å². The summed E-state index contributed by atoms with van der Waals surface area (Å²) in [5.41, 5.74) is 0.513. The standard InChI is InChI=1S/C35H48F3N7O2/c1-24(2)43-16-18-44(19-17-43)30-22-28-32-39-23-40-33(28)45(34(30)46)13-7-21-47-20-5-4-12-42-14-10-26(11-15-42)35(37,38)29-9-6-8-27(31(29)36)25(3)41-32/h6,8-9,22-26H,4-5,7,10-21H2,1-3H3,(H,39,40,41)/t25-/m1/s1. The number of hydrogen-bond acceptors (Lipinski definition) is 8. The number of nitrogens with one attached hydrogen (secondary N) is 1. The number of piperazine rings is 1. The van der Waals surface area contributed by atoms with Gasteiger partial charge in [-0.1, -0.05) is 18.2 Å². The minimum Gasteiger partial charge on any atom is -0.381 e. The SMILES string of the molecule is CC(C)N1CCN(c2cc3c4ncnc3n(c2=O)CCCOCCCCN2CCC(CC2)C(F)(F)c2cccc(c2F)[C@@H](C)N4)CC1. The highest BCUT2D eigenvalue weighted by Gasteiger charge is 2.45. The van der Waals surface area contributed by atoms with Crippen molar-refractivity contribution in [2.45, 2.75) is 77.4 Å². The highest BCUT2D eigenvalue weighted by atomic mass is 19.3. The monoisotopic (exact) mass is 655 g/mol. The first-order chi connectivity index (χ1) is 22.6. The summed E-state index contributed by atoms with van der Waals surface area (Å²) in [5, 5.41) is 3.91. The third kappa shape index (κ3) is 7.15. The van der Waals surface area contributed by atoms with Gasteiger partial charge < -0.3 is 19.9 Å². The van der Waals surface area contributed by atoms with Gasteiger partial charge in [0.25, 0.3) is 11.5 Å². The van der Waals surface area contributed by atoms with Crippen molar-refractivity contribution in [2.24, 2.45) is 5.92 Å². The van der Waals surface area contributed by atoms with Crippen LogP contribution in [0.5, 0.6) is 0 Å². The normalized spacial score (nSPS) is 25.0. The predicted molar refractivity (Wildman–Crippen MR) is 179 cm³/mol. The van der Waals surface area contributed by atoms with Gasteiger partial charge in [0.05, 0.1) is 17.0 Å². The van der Waals surface area contributed by atoms with Crippen LogP contribution < -0.4 is 15.8 Å². The Morgan fingerprint density at radius 2 is 1.70 bits per heavy atom. The number of pyridine rings is 1. The number of nitrogens with zero attached hydrogens (tertiary/aromatic N) is 6. The van der Waals surface area contributed by atoms with Crippen LogP contribution in [-0.2, 0) is 17.2 Å². The summed E-state index contributed by atoms with van der Waals surface area (Å²) in [6, 6.07) is 5.85. The molecule has 8 bridgehead atoms. The zero-order chi connectivity index (χ0) is 33.1. The molecule has 9 nitrogen and oxygen atoms in total. The average Bonchev–Trinajstić information content (AvgIpc) is 3.06. The molecule has 12 heteroatoms. The predicted octanol–water partition coefficient (Wildman–Crippen LogP) is 5.64. The van der Waals surface area contributed by atoms with E-state index in [0.29, 0.717) is 93.8 Å². The number of ether oxygens (including phenoxy) is 1. The molecule has 256 valence electrons. The number of alkyl halides is 2. The van der Waals surface area contributed by atoms with Crippen molar-refractivity contribution < 1.29 is 17.9 Å². The smallest absolute Gasteiger partial charge is 0.278 e. The fourth-order valence-corrected chi connectivity index (χ4v) is 7.33. The highest BCUT2D eigenvalue weighted by Crippen LogP contribution is 2.43. The van der Waals surface area contributed by atoms with Crippen LogP contribution in [0.3, 0.4) is 0 Å². The Balaban J connectivity index is 1.38. The molecular formula is C35H48F3N7O2. The maximum absolute atomic E-state index is 16.1. The molecule has 4 aliphatic heterocycles. The van der Waals surface area contributed by atoms with Gasteiger partial charge in [-0.15, -0.1) is 0 Å². The summed E-state index contributed by atoms with van der Waals surface area (Å²) in [7, 11) is 0. The first kappa shape index (κ1) is 33.7. The number of fused-ring (bicyclic) bond motifs is 10. The van der Waals surface area contributed by atoms with Crippen molar-refractivity contribution in [3.8, 4) is 0 Å².